The highest BCUT2D eigenvalue weighted by Gasteiger charge is 2.52. The Morgan fingerprint density at radius 3 is 1.93 bits per heavy atom. The molecule has 5 rings (SSSR count). The minimum absolute atomic E-state index is 0.0198. The van der Waals surface area contributed by atoms with E-state index in [0.29, 0.717) is 29.5 Å². The summed E-state index contributed by atoms with van der Waals surface area (Å²) < 4.78 is 13.3. The molecule has 4 unspecified atom stereocenters. The van der Waals surface area contributed by atoms with Crippen LogP contribution < -0.4 is 10.4 Å². The van der Waals surface area contributed by atoms with E-state index in [4.69, 9.17) is 32.4 Å². The molecule has 236 valence electrons. The van der Waals surface area contributed by atoms with Crippen LogP contribution in [0.25, 0.3) is 0 Å². The van der Waals surface area contributed by atoms with Gasteiger partial charge in [-0.05, 0) is 63.6 Å². The number of carbonyl (C=O) groups is 1. The lowest BCUT2D eigenvalue weighted by molar-refractivity contribution is -0.156. The first-order valence-electron chi connectivity index (χ1n) is 15.7. The lowest BCUT2D eigenvalue weighted by Gasteiger charge is -2.49. The molecule has 0 N–H and O–H groups in total. The number of likely N-dealkylation sites (tertiary alicyclic amines) is 1. The molecule has 0 aliphatic carbocycles. The molecule has 1 aliphatic rings. The van der Waals surface area contributed by atoms with Gasteiger partial charge in [-0.2, -0.15) is 0 Å². The van der Waals surface area contributed by atoms with Gasteiger partial charge in [0, 0.05) is 23.1 Å². The third-order valence-electron chi connectivity index (χ3n) is 9.23. The first kappa shape index (κ1) is 33.4. The van der Waals surface area contributed by atoms with Crippen molar-refractivity contribution < 1.29 is 14.0 Å². The van der Waals surface area contributed by atoms with E-state index in [2.05, 4.69) is 94.4 Å². The normalized spacial score (nSPS) is 19.8. The summed E-state index contributed by atoms with van der Waals surface area (Å²) in [4.78, 5) is 16.5. The quantitative estimate of drug-likeness (QED) is 0.160. The number of carbonyl (C=O) groups excluding carboxylic acids is 1. The van der Waals surface area contributed by atoms with Gasteiger partial charge in [0.1, 0.15) is 6.10 Å². The van der Waals surface area contributed by atoms with Crippen molar-refractivity contribution in [2.24, 2.45) is 0 Å². The molecule has 1 amide bonds. The zero-order valence-electron chi connectivity index (χ0n) is 26.8. The fourth-order valence-electron chi connectivity index (χ4n) is 7.05. The largest absolute Gasteiger partial charge is 0.405 e. The molecule has 1 heterocycles. The van der Waals surface area contributed by atoms with Crippen molar-refractivity contribution in [3.63, 3.8) is 0 Å². The van der Waals surface area contributed by atoms with Gasteiger partial charge >= 0.3 is 0 Å². The maximum Gasteiger partial charge on any atom is 0.261 e. The Kier molecular flexibility index (Phi) is 10.6. The van der Waals surface area contributed by atoms with E-state index in [9.17, 15) is 4.79 Å². The minimum atomic E-state index is -2.84. The molecule has 4 atom stereocenters. The highest BCUT2D eigenvalue weighted by molar-refractivity contribution is 6.99. The van der Waals surface area contributed by atoms with Crippen molar-refractivity contribution in [1.82, 2.24) is 4.90 Å². The number of benzene rings is 4. The lowest BCUT2D eigenvalue weighted by Crippen LogP contribution is -2.67. The number of hydrogen-bond donors (Lipinski definition) is 0. The summed E-state index contributed by atoms with van der Waals surface area (Å²) in [7, 11) is -1.22. The highest BCUT2D eigenvalue weighted by atomic mass is 35.5. The first-order valence-corrected chi connectivity index (χ1v) is 18.4. The van der Waals surface area contributed by atoms with Crippen LogP contribution in [0.4, 0.5) is 0 Å². The Hall–Kier alpha value is -2.93. The van der Waals surface area contributed by atoms with Gasteiger partial charge in [0.15, 0.2) is 0 Å². The number of ether oxygens (including phenoxy) is 1. The summed E-state index contributed by atoms with van der Waals surface area (Å²) >= 11 is 12.9. The summed E-state index contributed by atoms with van der Waals surface area (Å²) in [5.41, 5.74) is 2.10. The Labute approximate surface area is 279 Å². The molecule has 1 fully saturated rings. The monoisotopic (exact) mass is 659 g/mol. The van der Waals surface area contributed by atoms with Gasteiger partial charge in [0.25, 0.3) is 14.2 Å². The van der Waals surface area contributed by atoms with E-state index in [0.717, 1.165) is 11.1 Å². The van der Waals surface area contributed by atoms with Crippen molar-refractivity contribution in [1.29, 1.82) is 0 Å². The molecule has 45 heavy (non-hydrogen) atoms. The lowest BCUT2D eigenvalue weighted by atomic mass is 9.78. The Morgan fingerprint density at radius 1 is 0.822 bits per heavy atom. The van der Waals surface area contributed by atoms with Gasteiger partial charge in [-0.15, -0.1) is 0 Å². The molecule has 7 heteroatoms. The predicted molar refractivity (Wildman–Crippen MR) is 188 cm³/mol. The second kappa shape index (κ2) is 14.2. The highest BCUT2D eigenvalue weighted by Crippen LogP contribution is 2.46. The number of piperidine rings is 1. The average Bonchev–Trinajstić information content (AvgIpc) is 3.04. The second-order valence-corrected chi connectivity index (χ2v) is 18.1. The van der Waals surface area contributed by atoms with Crippen LogP contribution in [-0.2, 0) is 14.0 Å². The van der Waals surface area contributed by atoms with Crippen molar-refractivity contribution in [2.45, 2.75) is 69.7 Å². The summed E-state index contributed by atoms with van der Waals surface area (Å²) in [6.07, 6.45) is 0.678. The zero-order chi connectivity index (χ0) is 32.2. The van der Waals surface area contributed by atoms with Gasteiger partial charge in [-0.3, -0.25) is 4.79 Å². The summed E-state index contributed by atoms with van der Waals surface area (Å²) in [6, 6.07) is 36.6. The number of amides is 1. The topological polar surface area (TPSA) is 38.8 Å². The fraction of sp³-hybridized carbons (Fsp3) is 0.342. The first-order chi connectivity index (χ1) is 21.6. The molecular formula is C38H43Cl2NO3Si. The average molecular weight is 661 g/mol. The molecule has 4 aromatic carbocycles. The summed E-state index contributed by atoms with van der Waals surface area (Å²) in [5.74, 6) is -0.0666. The van der Waals surface area contributed by atoms with Crippen LogP contribution in [0.15, 0.2) is 109 Å². The molecule has 4 aromatic rings. The number of hydrogen-bond acceptors (Lipinski definition) is 3. The Balaban J connectivity index is 1.62. The van der Waals surface area contributed by atoms with Crippen molar-refractivity contribution in [2.75, 3.05) is 13.7 Å². The van der Waals surface area contributed by atoms with E-state index in [-0.39, 0.29) is 28.9 Å². The van der Waals surface area contributed by atoms with Gasteiger partial charge < -0.3 is 14.1 Å². The summed E-state index contributed by atoms with van der Waals surface area (Å²) in [5, 5.41) is 3.56. The van der Waals surface area contributed by atoms with Crippen LogP contribution in [-0.4, -0.2) is 45.0 Å². The number of rotatable bonds is 10. The molecule has 0 radical (unpaired) electrons. The molecule has 1 saturated heterocycles. The molecule has 1 aliphatic heterocycles. The van der Waals surface area contributed by atoms with Gasteiger partial charge in [0.2, 0.25) is 0 Å². The molecule has 0 saturated carbocycles. The number of halogens is 2. The molecule has 0 bridgehead atoms. The van der Waals surface area contributed by atoms with E-state index in [1.807, 2.05) is 47.4 Å². The molecule has 0 aromatic heterocycles. The zero-order valence-corrected chi connectivity index (χ0v) is 29.3. The van der Waals surface area contributed by atoms with Gasteiger partial charge in [-0.1, -0.05) is 136 Å². The van der Waals surface area contributed by atoms with Crippen LogP contribution in [0.3, 0.4) is 0 Å². The Bertz CT molecular complexity index is 1520. The van der Waals surface area contributed by atoms with Crippen molar-refractivity contribution >= 4 is 47.8 Å². The van der Waals surface area contributed by atoms with Gasteiger partial charge in [0.05, 0.1) is 18.7 Å². The number of methoxy groups -OCH3 is 1. The van der Waals surface area contributed by atoms with Crippen LogP contribution in [0, 0.1) is 0 Å². The maximum absolute atomic E-state index is 14.4. The maximum atomic E-state index is 14.4. The van der Waals surface area contributed by atoms with E-state index >= 15 is 0 Å². The molecule has 0 spiro atoms. The minimum Gasteiger partial charge on any atom is -0.405 e. The van der Waals surface area contributed by atoms with Crippen molar-refractivity contribution in [3.05, 3.63) is 130 Å². The smallest absolute Gasteiger partial charge is 0.261 e. The third kappa shape index (κ3) is 6.79. The summed E-state index contributed by atoms with van der Waals surface area (Å²) in [6.45, 7) is 9.35. The van der Waals surface area contributed by atoms with Crippen LogP contribution >= 0.6 is 23.2 Å². The third-order valence-corrected chi connectivity index (χ3v) is 14.7. The van der Waals surface area contributed by atoms with E-state index in [1.54, 1.807) is 7.11 Å². The predicted octanol–water partition coefficient (Wildman–Crippen LogP) is 8.42. The van der Waals surface area contributed by atoms with Gasteiger partial charge in [-0.25, -0.2) is 0 Å². The van der Waals surface area contributed by atoms with Crippen LogP contribution in [0.2, 0.25) is 15.1 Å². The van der Waals surface area contributed by atoms with Crippen LogP contribution in [0.1, 0.15) is 63.6 Å². The number of nitrogens with zero attached hydrogens (tertiary/aromatic N) is 1. The SMILES string of the molecule is CCC(CO[Si](c1ccccc1)(c1ccccc1)C(C)(C)C)N1C(=O)C(OC)CC(c2cccc(Cl)c2)C1c1ccc(Cl)cc1. The Morgan fingerprint density at radius 2 is 1.42 bits per heavy atom. The molecule has 4 nitrogen and oxygen atoms in total. The van der Waals surface area contributed by atoms with E-state index < -0.39 is 14.4 Å². The van der Waals surface area contributed by atoms with Crippen LogP contribution in [0.5, 0.6) is 0 Å². The molecular weight excluding hydrogens is 617 g/mol. The second-order valence-electron chi connectivity index (χ2n) is 12.9. The van der Waals surface area contributed by atoms with E-state index in [1.165, 1.54) is 10.4 Å². The standard InChI is InChI=1S/C38H43Cl2NO3Si/c1-6-31(26-44-45(38(2,3)4,32-16-9-7-10-17-32)33-18-11-8-12-19-33)41-36(27-20-22-29(39)23-21-27)34(25-35(43-5)37(41)42)28-14-13-15-30(40)24-28/h7-24,31,34-36H,6,25-26H2,1-5H3. The fourth-order valence-corrected chi connectivity index (χ4v) is 12.0. The van der Waals surface area contributed by atoms with Crippen molar-refractivity contribution in [3.8, 4) is 0 Å².